The number of anilines is 2. The highest BCUT2D eigenvalue weighted by molar-refractivity contribution is 6.08. The molecule has 5 heteroatoms. The number of hydrogen-bond acceptors (Lipinski definition) is 4. The first-order valence-electron chi connectivity index (χ1n) is 8.21. The van der Waals surface area contributed by atoms with E-state index in [1.807, 2.05) is 19.1 Å². The molecule has 0 bridgehead atoms. The van der Waals surface area contributed by atoms with E-state index in [-0.39, 0.29) is 24.0 Å². The van der Waals surface area contributed by atoms with Crippen LogP contribution in [0.25, 0.3) is 0 Å². The van der Waals surface area contributed by atoms with Gasteiger partial charge in [0.05, 0.1) is 6.42 Å². The Balaban J connectivity index is 1.75. The van der Waals surface area contributed by atoms with Gasteiger partial charge in [-0.2, -0.15) is 0 Å². The van der Waals surface area contributed by atoms with Gasteiger partial charge in [0, 0.05) is 43.3 Å². The minimum absolute atomic E-state index is 0.0143. The summed E-state index contributed by atoms with van der Waals surface area (Å²) >= 11 is 0. The number of hydrogen-bond donors (Lipinski definition) is 0. The van der Waals surface area contributed by atoms with Crippen LogP contribution in [-0.2, 0) is 14.4 Å². The summed E-state index contributed by atoms with van der Waals surface area (Å²) < 4.78 is 0. The average Bonchev–Trinajstić information content (AvgIpc) is 2.55. The number of carbonyl (C=O) groups excluding carboxylic acids is 3. The van der Waals surface area contributed by atoms with E-state index in [0.717, 1.165) is 49.2 Å². The summed E-state index contributed by atoms with van der Waals surface area (Å²) in [7, 11) is 0. The number of aldehydes is 1. The van der Waals surface area contributed by atoms with Crippen LogP contribution in [0.3, 0.4) is 0 Å². The minimum Gasteiger partial charge on any atom is -0.371 e. The molecule has 0 atom stereocenters. The predicted molar refractivity (Wildman–Crippen MR) is 88.8 cm³/mol. The standard InChI is InChI=1S/C18H22N2O3/c1-13-10-15(19-7-4-14(12-21)5-8-19)2-3-17(13)20-9-6-16(22)11-18(20)23/h2-3,10,12,14H,4-9,11H2,1H3. The number of piperidine rings is 2. The van der Waals surface area contributed by atoms with Crippen molar-refractivity contribution in [3.63, 3.8) is 0 Å². The maximum atomic E-state index is 12.1. The van der Waals surface area contributed by atoms with Crippen molar-refractivity contribution in [1.29, 1.82) is 0 Å². The molecule has 2 fully saturated rings. The van der Waals surface area contributed by atoms with Crippen molar-refractivity contribution >= 4 is 29.4 Å². The lowest BCUT2D eigenvalue weighted by molar-refractivity contribution is -0.128. The third kappa shape index (κ3) is 3.28. The van der Waals surface area contributed by atoms with Crippen LogP contribution in [-0.4, -0.2) is 37.6 Å². The number of nitrogens with zero attached hydrogens (tertiary/aromatic N) is 2. The number of carbonyl (C=O) groups is 3. The highest BCUT2D eigenvalue weighted by Crippen LogP contribution is 2.29. The third-order valence-corrected chi connectivity index (χ3v) is 4.83. The first kappa shape index (κ1) is 15.7. The van der Waals surface area contributed by atoms with Gasteiger partial charge in [0.25, 0.3) is 0 Å². The molecule has 23 heavy (non-hydrogen) atoms. The number of benzene rings is 1. The van der Waals surface area contributed by atoms with Gasteiger partial charge in [0.2, 0.25) is 5.91 Å². The Kier molecular flexibility index (Phi) is 4.46. The molecule has 5 nitrogen and oxygen atoms in total. The zero-order valence-electron chi connectivity index (χ0n) is 13.5. The fraction of sp³-hybridized carbons (Fsp3) is 0.500. The molecule has 3 rings (SSSR count). The van der Waals surface area contributed by atoms with Crippen molar-refractivity contribution in [1.82, 2.24) is 0 Å². The molecule has 2 aliphatic heterocycles. The smallest absolute Gasteiger partial charge is 0.234 e. The second kappa shape index (κ2) is 6.52. The number of Topliss-reactive ketones (excluding diaryl/α,β-unsaturated/α-hetero) is 1. The van der Waals surface area contributed by atoms with Crippen LogP contribution in [0, 0.1) is 12.8 Å². The zero-order chi connectivity index (χ0) is 16.4. The maximum Gasteiger partial charge on any atom is 0.234 e. The molecule has 2 heterocycles. The van der Waals surface area contributed by atoms with Crippen LogP contribution >= 0.6 is 0 Å². The Bertz CT molecular complexity index is 633. The number of amides is 1. The second-order valence-electron chi connectivity index (χ2n) is 6.44. The Hall–Kier alpha value is -2.17. The second-order valence-corrected chi connectivity index (χ2v) is 6.44. The third-order valence-electron chi connectivity index (χ3n) is 4.83. The Morgan fingerprint density at radius 1 is 1.13 bits per heavy atom. The lowest BCUT2D eigenvalue weighted by Gasteiger charge is -2.33. The average molecular weight is 314 g/mol. The molecule has 0 spiro atoms. The maximum absolute atomic E-state index is 12.1. The summed E-state index contributed by atoms with van der Waals surface area (Å²) in [5.74, 6) is 0.109. The lowest BCUT2D eigenvalue weighted by Crippen LogP contribution is -2.39. The van der Waals surface area contributed by atoms with Gasteiger partial charge in [0.15, 0.2) is 0 Å². The van der Waals surface area contributed by atoms with E-state index < -0.39 is 0 Å². The first-order chi connectivity index (χ1) is 11.1. The van der Waals surface area contributed by atoms with Crippen molar-refractivity contribution < 1.29 is 14.4 Å². The van der Waals surface area contributed by atoms with Gasteiger partial charge in [0.1, 0.15) is 12.1 Å². The van der Waals surface area contributed by atoms with Gasteiger partial charge < -0.3 is 14.6 Å². The van der Waals surface area contributed by atoms with Gasteiger partial charge >= 0.3 is 0 Å². The Morgan fingerprint density at radius 2 is 1.87 bits per heavy atom. The van der Waals surface area contributed by atoms with E-state index in [1.165, 1.54) is 0 Å². The molecule has 1 aromatic carbocycles. The topological polar surface area (TPSA) is 57.7 Å². The van der Waals surface area contributed by atoms with Crippen LogP contribution < -0.4 is 9.80 Å². The van der Waals surface area contributed by atoms with E-state index in [4.69, 9.17) is 0 Å². The number of ketones is 1. The molecule has 1 aromatic rings. The molecule has 0 N–H and O–H groups in total. The molecular weight excluding hydrogens is 292 g/mol. The summed E-state index contributed by atoms with van der Waals surface area (Å²) in [4.78, 5) is 38.3. The largest absolute Gasteiger partial charge is 0.371 e. The quantitative estimate of drug-likeness (QED) is 0.633. The molecule has 0 aromatic heterocycles. The van der Waals surface area contributed by atoms with Crippen LogP contribution in [0.15, 0.2) is 18.2 Å². The van der Waals surface area contributed by atoms with Crippen LogP contribution in [0.1, 0.15) is 31.2 Å². The fourth-order valence-electron chi connectivity index (χ4n) is 3.40. The Morgan fingerprint density at radius 3 is 2.48 bits per heavy atom. The number of aryl methyl sites for hydroxylation is 1. The molecule has 0 unspecified atom stereocenters. The van der Waals surface area contributed by atoms with Crippen molar-refractivity contribution in [3.8, 4) is 0 Å². The van der Waals surface area contributed by atoms with Crippen molar-refractivity contribution in [3.05, 3.63) is 23.8 Å². The van der Waals surface area contributed by atoms with Crippen molar-refractivity contribution in [2.45, 2.75) is 32.6 Å². The van der Waals surface area contributed by atoms with Gasteiger partial charge in [-0.15, -0.1) is 0 Å². The monoisotopic (exact) mass is 314 g/mol. The van der Waals surface area contributed by atoms with Gasteiger partial charge in [-0.05, 0) is 43.5 Å². The first-order valence-corrected chi connectivity index (χ1v) is 8.21. The van der Waals surface area contributed by atoms with Gasteiger partial charge in [-0.1, -0.05) is 0 Å². The zero-order valence-corrected chi connectivity index (χ0v) is 13.5. The van der Waals surface area contributed by atoms with E-state index in [2.05, 4.69) is 11.0 Å². The van der Waals surface area contributed by atoms with Gasteiger partial charge in [-0.3, -0.25) is 9.59 Å². The molecule has 0 aliphatic carbocycles. The SMILES string of the molecule is Cc1cc(N2CCC(C=O)CC2)ccc1N1CCC(=O)CC1=O. The van der Waals surface area contributed by atoms with Crippen LogP contribution in [0.4, 0.5) is 11.4 Å². The molecule has 1 amide bonds. The van der Waals surface area contributed by atoms with E-state index in [0.29, 0.717) is 13.0 Å². The van der Waals surface area contributed by atoms with Crippen LogP contribution in [0.5, 0.6) is 0 Å². The molecule has 122 valence electrons. The normalized spacial score (nSPS) is 20.0. The lowest BCUT2D eigenvalue weighted by atomic mass is 9.98. The summed E-state index contributed by atoms with van der Waals surface area (Å²) in [5.41, 5.74) is 3.08. The Labute approximate surface area is 136 Å². The van der Waals surface area contributed by atoms with Gasteiger partial charge in [-0.25, -0.2) is 0 Å². The molecule has 0 radical (unpaired) electrons. The highest BCUT2D eigenvalue weighted by atomic mass is 16.2. The summed E-state index contributed by atoms with van der Waals surface area (Å²) in [6.07, 6.45) is 3.32. The minimum atomic E-state index is -0.108. The molecule has 2 aliphatic rings. The number of rotatable bonds is 3. The fourth-order valence-corrected chi connectivity index (χ4v) is 3.40. The van der Waals surface area contributed by atoms with E-state index in [1.54, 1.807) is 4.90 Å². The van der Waals surface area contributed by atoms with E-state index >= 15 is 0 Å². The molecule has 0 saturated carbocycles. The highest BCUT2D eigenvalue weighted by Gasteiger charge is 2.26. The molecular formula is C18H22N2O3. The summed E-state index contributed by atoms with van der Waals surface area (Å²) in [5, 5.41) is 0. The molecule has 2 saturated heterocycles. The van der Waals surface area contributed by atoms with Crippen LogP contribution in [0.2, 0.25) is 0 Å². The van der Waals surface area contributed by atoms with Crippen molar-refractivity contribution in [2.24, 2.45) is 5.92 Å². The predicted octanol–water partition coefficient (Wildman–Crippen LogP) is 2.11. The summed E-state index contributed by atoms with van der Waals surface area (Å²) in [6.45, 7) is 4.25. The van der Waals surface area contributed by atoms with Crippen molar-refractivity contribution in [2.75, 3.05) is 29.4 Å². The summed E-state index contributed by atoms with van der Waals surface area (Å²) in [6, 6.07) is 6.11. The van der Waals surface area contributed by atoms with E-state index in [9.17, 15) is 14.4 Å².